The lowest BCUT2D eigenvalue weighted by Gasteiger charge is -2.18. The zero-order valence-corrected chi connectivity index (χ0v) is 12.5. The highest BCUT2D eigenvalue weighted by atomic mass is 79.9. The van der Waals surface area contributed by atoms with Crippen molar-refractivity contribution < 1.29 is 4.79 Å². The monoisotopic (exact) mass is 333 g/mol. The van der Waals surface area contributed by atoms with Crippen LogP contribution in [0, 0.1) is 0 Å². The maximum absolute atomic E-state index is 11.5. The molecule has 0 aliphatic rings. The van der Waals surface area contributed by atoms with E-state index in [2.05, 4.69) is 26.6 Å². The van der Waals surface area contributed by atoms with Gasteiger partial charge in [0.25, 0.3) is 0 Å². The number of hydrogen-bond acceptors (Lipinski definition) is 3. The second kappa shape index (κ2) is 7.61. The topological polar surface area (TPSA) is 67.2 Å². The predicted octanol–water partition coefficient (Wildman–Crippen LogP) is 2.37. The summed E-state index contributed by atoms with van der Waals surface area (Å²) in [6.07, 6.45) is 0.345. The van der Waals surface area contributed by atoms with Gasteiger partial charge in [-0.05, 0) is 41.1 Å². The number of rotatable bonds is 6. The molecule has 0 saturated carbocycles. The number of anilines is 1. The molecule has 1 unspecified atom stereocenters. The first kappa shape index (κ1) is 15.3. The second-order valence-corrected chi connectivity index (χ2v) is 5.13. The van der Waals surface area contributed by atoms with E-state index in [-0.39, 0.29) is 11.9 Å². The number of hydrogen-bond donors (Lipinski definition) is 3. The van der Waals surface area contributed by atoms with Crippen LogP contribution in [0.1, 0.15) is 13.3 Å². The van der Waals surface area contributed by atoms with E-state index in [0.717, 1.165) is 10.2 Å². The molecule has 4 N–H and O–H groups in total. The Labute approximate surface area is 120 Å². The molecule has 1 rings (SSSR count). The van der Waals surface area contributed by atoms with E-state index >= 15 is 0 Å². The fraction of sp³-hybridized carbons (Fsp3) is 0.417. The van der Waals surface area contributed by atoms with Crippen molar-refractivity contribution in [1.29, 1.82) is 0 Å². The van der Waals surface area contributed by atoms with Crippen LogP contribution in [-0.4, -0.2) is 25.0 Å². The summed E-state index contributed by atoms with van der Waals surface area (Å²) < 4.78 is 0.836. The predicted molar refractivity (Wildman–Crippen MR) is 78.9 cm³/mol. The molecule has 0 saturated heterocycles. The van der Waals surface area contributed by atoms with Gasteiger partial charge in [0.15, 0.2) is 0 Å². The number of halogens is 2. The van der Waals surface area contributed by atoms with E-state index < -0.39 is 0 Å². The van der Waals surface area contributed by atoms with Gasteiger partial charge in [0.1, 0.15) is 0 Å². The molecule has 0 heterocycles. The van der Waals surface area contributed by atoms with Crippen LogP contribution in [0.2, 0.25) is 5.02 Å². The third-order valence-electron chi connectivity index (χ3n) is 2.38. The molecule has 0 bridgehead atoms. The Hall–Kier alpha value is -0.780. The van der Waals surface area contributed by atoms with E-state index in [9.17, 15) is 4.79 Å². The Balaban J connectivity index is 2.62. The van der Waals surface area contributed by atoms with E-state index in [0.29, 0.717) is 24.5 Å². The maximum atomic E-state index is 11.5. The molecule has 0 aliphatic carbocycles. The molecule has 6 heteroatoms. The average molecular weight is 335 g/mol. The minimum atomic E-state index is -0.103. The van der Waals surface area contributed by atoms with E-state index in [1.54, 1.807) is 6.07 Å². The van der Waals surface area contributed by atoms with Gasteiger partial charge in [-0.15, -0.1) is 0 Å². The Morgan fingerprint density at radius 3 is 2.83 bits per heavy atom. The lowest BCUT2D eigenvalue weighted by molar-refractivity contribution is -0.121. The van der Waals surface area contributed by atoms with Gasteiger partial charge in [0.2, 0.25) is 5.91 Å². The highest BCUT2D eigenvalue weighted by Gasteiger charge is 2.12. The Bertz CT molecular complexity index is 414. The summed E-state index contributed by atoms with van der Waals surface area (Å²) in [4.78, 5) is 11.5. The van der Waals surface area contributed by atoms with Crippen molar-refractivity contribution in [1.82, 2.24) is 5.32 Å². The molecule has 100 valence electrons. The summed E-state index contributed by atoms with van der Waals surface area (Å²) in [6, 6.07) is 5.43. The van der Waals surface area contributed by atoms with Gasteiger partial charge in [-0.3, -0.25) is 4.79 Å². The zero-order chi connectivity index (χ0) is 13.5. The van der Waals surface area contributed by atoms with Crippen LogP contribution in [0.5, 0.6) is 0 Å². The number of carbonyl (C=O) groups excluding carboxylic acids is 1. The lowest BCUT2D eigenvalue weighted by Crippen LogP contribution is -2.35. The van der Waals surface area contributed by atoms with Crippen LogP contribution in [0.4, 0.5) is 5.69 Å². The normalized spacial score (nSPS) is 12.0. The first-order chi connectivity index (χ1) is 8.56. The number of benzene rings is 1. The van der Waals surface area contributed by atoms with Gasteiger partial charge in [-0.2, -0.15) is 0 Å². The second-order valence-electron chi connectivity index (χ2n) is 3.86. The molecular formula is C12H17BrClN3O. The minimum absolute atomic E-state index is 0.0105. The first-order valence-electron chi connectivity index (χ1n) is 5.75. The fourth-order valence-corrected chi connectivity index (χ4v) is 1.94. The molecule has 0 spiro atoms. The Kier molecular flexibility index (Phi) is 6.46. The summed E-state index contributed by atoms with van der Waals surface area (Å²) >= 11 is 9.32. The minimum Gasteiger partial charge on any atom is -0.380 e. The summed E-state index contributed by atoms with van der Waals surface area (Å²) in [7, 11) is 0. The molecule has 1 atom stereocenters. The van der Waals surface area contributed by atoms with Crippen molar-refractivity contribution in [2.75, 3.05) is 18.4 Å². The third kappa shape index (κ3) is 4.84. The fourth-order valence-electron chi connectivity index (χ4n) is 1.51. The quantitative estimate of drug-likeness (QED) is 0.748. The largest absolute Gasteiger partial charge is 0.380 e. The first-order valence-corrected chi connectivity index (χ1v) is 6.92. The number of nitrogens with one attached hydrogen (secondary N) is 2. The molecule has 4 nitrogen and oxygen atoms in total. The molecule has 0 aromatic heterocycles. The van der Waals surface area contributed by atoms with Crippen LogP contribution in [0.25, 0.3) is 0 Å². The molecule has 1 aromatic rings. The van der Waals surface area contributed by atoms with Crippen molar-refractivity contribution >= 4 is 39.1 Å². The van der Waals surface area contributed by atoms with Crippen LogP contribution in [0.15, 0.2) is 22.7 Å². The highest BCUT2D eigenvalue weighted by Crippen LogP contribution is 2.25. The number of amides is 1. The van der Waals surface area contributed by atoms with Crippen molar-refractivity contribution in [2.45, 2.75) is 19.4 Å². The summed E-state index contributed by atoms with van der Waals surface area (Å²) in [5.41, 5.74) is 6.50. The van der Waals surface area contributed by atoms with Gasteiger partial charge >= 0.3 is 0 Å². The summed E-state index contributed by atoms with van der Waals surface area (Å²) in [5, 5.41) is 6.56. The summed E-state index contributed by atoms with van der Waals surface area (Å²) in [5.74, 6) is -0.0105. The molecule has 0 fully saturated rings. The van der Waals surface area contributed by atoms with Crippen LogP contribution in [-0.2, 0) is 4.79 Å². The van der Waals surface area contributed by atoms with Crippen molar-refractivity contribution in [2.24, 2.45) is 5.73 Å². The smallest absolute Gasteiger partial charge is 0.222 e. The molecule has 0 aliphatic heterocycles. The van der Waals surface area contributed by atoms with Crippen molar-refractivity contribution in [3.8, 4) is 0 Å². The van der Waals surface area contributed by atoms with Crippen LogP contribution >= 0.6 is 27.5 Å². The van der Waals surface area contributed by atoms with Crippen LogP contribution in [0.3, 0.4) is 0 Å². The number of carbonyl (C=O) groups is 1. The van der Waals surface area contributed by atoms with Gasteiger partial charge in [0.05, 0.1) is 5.02 Å². The molecule has 0 radical (unpaired) electrons. The Morgan fingerprint density at radius 1 is 1.56 bits per heavy atom. The Morgan fingerprint density at radius 2 is 2.28 bits per heavy atom. The number of nitrogens with two attached hydrogens (primary N) is 1. The maximum Gasteiger partial charge on any atom is 0.222 e. The lowest BCUT2D eigenvalue weighted by atomic mass is 10.2. The third-order valence-corrected chi connectivity index (χ3v) is 3.61. The highest BCUT2D eigenvalue weighted by molar-refractivity contribution is 9.10. The molecule has 18 heavy (non-hydrogen) atoms. The van der Waals surface area contributed by atoms with E-state index in [4.69, 9.17) is 17.3 Å². The van der Waals surface area contributed by atoms with Crippen molar-refractivity contribution in [3.05, 3.63) is 27.7 Å². The van der Waals surface area contributed by atoms with Gasteiger partial charge in [-0.25, -0.2) is 0 Å². The van der Waals surface area contributed by atoms with Gasteiger partial charge < -0.3 is 16.4 Å². The summed E-state index contributed by atoms with van der Waals surface area (Å²) in [6.45, 7) is 2.89. The molecule has 1 aromatic carbocycles. The molecular weight excluding hydrogens is 318 g/mol. The van der Waals surface area contributed by atoms with E-state index in [1.807, 2.05) is 19.1 Å². The van der Waals surface area contributed by atoms with E-state index in [1.165, 1.54) is 0 Å². The molecule has 1 amide bonds. The standard InChI is InChI=1S/C12H17BrClN3O/c1-2-16-12(18)6-9(7-15)17-8-3-4-10(13)11(14)5-8/h3-5,9,17H,2,6-7,15H2,1H3,(H,16,18). The zero-order valence-electron chi connectivity index (χ0n) is 10.2. The SMILES string of the molecule is CCNC(=O)CC(CN)Nc1ccc(Br)c(Cl)c1. The van der Waals surface area contributed by atoms with Crippen molar-refractivity contribution in [3.63, 3.8) is 0 Å². The van der Waals surface area contributed by atoms with Gasteiger partial charge in [0, 0.05) is 35.7 Å². The average Bonchev–Trinajstić information content (AvgIpc) is 2.33. The van der Waals surface area contributed by atoms with Gasteiger partial charge in [-0.1, -0.05) is 11.6 Å². The van der Waals surface area contributed by atoms with Crippen LogP contribution < -0.4 is 16.4 Å².